The van der Waals surface area contributed by atoms with Crippen LogP contribution in [-0.2, 0) is 27.9 Å². The fourth-order valence-corrected chi connectivity index (χ4v) is 9.33. The molecule has 13 heteroatoms. The fraction of sp³-hybridized carbons (Fsp3) is 0.980. The molecule has 62 heavy (non-hydrogen) atoms. The van der Waals surface area contributed by atoms with Crippen LogP contribution in [0.2, 0.25) is 0 Å². The molecule has 0 radical (unpaired) electrons. The summed E-state index contributed by atoms with van der Waals surface area (Å²) in [6.45, 7) is 4.30. The Hall–Kier alpha value is -0.660. The van der Waals surface area contributed by atoms with Crippen molar-refractivity contribution in [2.24, 2.45) is 0 Å². The Morgan fingerprint density at radius 2 is 0.758 bits per heavy atom. The molecule has 0 amide bonds. The quantitative estimate of drug-likeness (QED) is 0.0193. The maximum Gasteiger partial charge on any atom is 0.472 e. The second-order valence-electron chi connectivity index (χ2n) is 18.4. The van der Waals surface area contributed by atoms with Crippen LogP contribution >= 0.6 is 7.82 Å². The summed E-state index contributed by atoms with van der Waals surface area (Å²) in [7, 11) is -5.01. The van der Waals surface area contributed by atoms with E-state index in [0.717, 1.165) is 38.5 Å². The van der Waals surface area contributed by atoms with E-state index in [4.69, 9.17) is 18.5 Å². The topological polar surface area (TPSA) is 192 Å². The highest BCUT2D eigenvalue weighted by Gasteiger charge is 2.51. The number of hydrogen-bond acceptors (Lipinski definition) is 11. The van der Waals surface area contributed by atoms with Crippen molar-refractivity contribution in [2.45, 2.75) is 288 Å². The van der Waals surface area contributed by atoms with Crippen molar-refractivity contribution >= 4 is 13.8 Å². The minimum absolute atomic E-state index is 0.0677. The Morgan fingerprint density at radius 1 is 0.452 bits per heavy atom. The van der Waals surface area contributed by atoms with Crippen molar-refractivity contribution in [2.75, 3.05) is 19.8 Å². The number of phosphoric ester groups is 1. The third-order valence-corrected chi connectivity index (χ3v) is 13.5. The first-order valence-electron chi connectivity index (χ1n) is 25.9. The van der Waals surface area contributed by atoms with E-state index < -0.39 is 63.1 Å². The number of phosphoric acid groups is 1. The van der Waals surface area contributed by atoms with Gasteiger partial charge in [0.1, 0.15) is 42.7 Å². The van der Waals surface area contributed by atoms with Crippen LogP contribution < -0.4 is 0 Å². The largest absolute Gasteiger partial charge is 0.472 e. The summed E-state index contributed by atoms with van der Waals surface area (Å²) < 4.78 is 34.3. The molecule has 0 aromatic heterocycles. The van der Waals surface area contributed by atoms with E-state index in [0.29, 0.717) is 13.0 Å². The van der Waals surface area contributed by atoms with E-state index >= 15 is 0 Å². The Morgan fingerprint density at radius 3 is 1.11 bits per heavy atom. The Bertz CT molecular complexity index is 1040. The summed E-state index contributed by atoms with van der Waals surface area (Å²) >= 11 is 0. The van der Waals surface area contributed by atoms with Gasteiger partial charge in [-0.3, -0.25) is 13.8 Å². The van der Waals surface area contributed by atoms with Gasteiger partial charge in [0, 0.05) is 13.0 Å². The first kappa shape index (κ1) is 59.4. The molecule has 1 aliphatic carbocycles. The molecule has 0 bridgehead atoms. The van der Waals surface area contributed by atoms with Crippen molar-refractivity contribution in [1.82, 2.24) is 0 Å². The third-order valence-electron chi connectivity index (χ3n) is 12.5. The average molecular weight is 909 g/mol. The first-order valence-corrected chi connectivity index (χ1v) is 27.4. The second-order valence-corrected chi connectivity index (χ2v) is 19.8. The molecule has 1 fully saturated rings. The number of carbonyl (C=O) groups excluding carboxylic acids is 1. The van der Waals surface area contributed by atoms with E-state index in [9.17, 15) is 39.8 Å². The van der Waals surface area contributed by atoms with Gasteiger partial charge in [0.25, 0.3) is 0 Å². The molecule has 1 rings (SSSR count). The van der Waals surface area contributed by atoms with Crippen LogP contribution in [0, 0.1) is 0 Å². The van der Waals surface area contributed by atoms with E-state index in [1.807, 2.05) is 0 Å². The lowest BCUT2D eigenvalue weighted by atomic mass is 9.85. The molecule has 0 saturated heterocycles. The lowest BCUT2D eigenvalue weighted by molar-refractivity contribution is -0.220. The van der Waals surface area contributed by atoms with Crippen molar-refractivity contribution in [1.29, 1.82) is 0 Å². The summed E-state index contributed by atoms with van der Waals surface area (Å²) in [5.41, 5.74) is 0. The number of carbonyl (C=O) groups is 1. The molecule has 12 nitrogen and oxygen atoms in total. The van der Waals surface area contributed by atoms with Crippen LogP contribution in [-0.4, -0.2) is 98.9 Å². The van der Waals surface area contributed by atoms with Crippen LogP contribution in [0.5, 0.6) is 0 Å². The molecular formula is C49H97O12P. The summed E-state index contributed by atoms with van der Waals surface area (Å²) in [6, 6.07) is 0. The molecule has 1 aliphatic rings. The zero-order chi connectivity index (χ0) is 45.5. The maximum absolute atomic E-state index is 12.8. The summed E-state index contributed by atoms with van der Waals surface area (Å²) in [6.07, 6.45) is 31.8. The standard InChI is InChI=1S/C49H97O12P/c1-3-5-7-9-11-13-15-17-18-19-20-21-22-23-24-25-26-27-29-31-33-35-37-39-58-40-42(60-43(50)38-36-34-32-30-28-16-14-12-10-8-6-4-2)41-59-62(56,57)61-49-47(54)45(52)44(51)46(53)48(49)55/h42,44-49,51-55H,3-41H2,1-2H3,(H,56,57). The number of hydrogen-bond donors (Lipinski definition) is 6. The molecule has 0 spiro atoms. The predicted octanol–water partition coefficient (Wildman–Crippen LogP) is 11.3. The number of unbranched alkanes of at least 4 members (excludes halogenated alkanes) is 33. The Labute approximate surface area is 378 Å². The highest BCUT2D eigenvalue weighted by molar-refractivity contribution is 7.47. The molecule has 0 aromatic carbocycles. The van der Waals surface area contributed by atoms with Gasteiger partial charge in [-0.25, -0.2) is 4.57 Å². The molecule has 1 saturated carbocycles. The van der Waals surface area contributed by atoms with E-state index in [2.05, 4.69) is 13.8 Å². The Balaban J connectivity index is 2.26. The summed E-state index contributed by atoms with van der Waals surface area (Å²) in [4.78, 5) is 23.2. The van der Waals surface area contributed by atoms with Gasteiger partial charge >= 0.3 is 13.8 Å². The number of ether oxygens (including phenoxy) is 2. The van der Waals surface area contributed by atoms with Crippen LogP contribution in [0.1, 0.15) is 245 Å². The van der Waals surface area contributed by atoms with E-state index in [-0.39, 0.29) is 13.0 Å². The molecule has 6 atom stereocenters. The normalized spacial score (nSPS) is 21.9. The molecular weight excluding hydrogens is 812 g/mol. The average Bonchev–Trinajstić information content (AvgIpc) is 3.26. The molecule has 0 aliphatic heterocycles. The number of esters is 1. The minimum atomic E-state index is -5.01. The van der Waals surface area contributed by atoms with Gasteiger partial charge in [0.15, 0.2) is 0 Å². The van der Waals surface area contributed by atoms with Gasteiger partial charge in [-0.15, -0.1) is 0 Å². The van der Waals surface area contributed by atoms with Crippen molar-refractivity contribution in [3.05, 3.63) is 0 Å². The smallest absolute Gasteiger partial charge is 0.457 e. The molecule has 0 aromatic rings. The number of aliphatic hydroxyl groups excluding tert-OH is 5. The van der Waals surface area contributed by atoms with Crippen molar-refractivity contribution in [3.8, 4) is 0 Å². The highest BCUT2D eigenvalue weighted by atomic mass is 31.2. The SMILES string of the molecule is CCCCCCCCCCCCCCCCCCCCCCCCCOCC(COP(=O)(O)OC1C(O)C(O)C(O)C(O)C1O)OC(=O)CCCCCCCCCCCCCC. The first-order chi connectivity index (χ1) is 30.0. The second kappa shape index (κ2) is 40.6. The van der Waals surface area contributed by atoms with E-state index in [1.165, 1.54) is 180 Å². The maximum atomic E-state index is 12.8. The highest BCUT2D eigenvalue weighted by Crippen LogP contribution is 2.47. The molecule has 370 valence electrons. The fourth-order valence-electron chi connectivity index (χ4n) is 8.36. The van der Waals surface area contributed by atoms with Crippen molar-refractivity contribution in [3.63, 3.8) is 0 Å². The molecule has 6 unspecified atom stereocenters. The lowest BCUT2D eigenvalue weighted by Gasteiger charge is -2.41. The van der Waals surface area contributed by atoms with Gasteiger partial charge in [0.05, 0.1) is 13.2 Å². The van der Waals surface area contributed by atoms with Crippen molar-refractivity contribution < 1.29 is 58.3 Å². The van der Waals surface area contributed by atoms with Gasteiger partial charge in [0.2, 0.25) is 0 Å². The predicted molar refractivity (Wildman–Crippen MR) is 249 cm³/mol. The zero-order valence-corrected chi connectivity index (χ0v) is 40.6. The summed E-state index contributed by atoms with van der Waals surface area (Å²) in [5, 5.41) is 50.2. The van der Waals surface area contributed by atoms with Crippen LogP contribution in [0.4, 0.5) is 0 Å². The Kier molecular flexibility index (Phi) is 38.9. The van der Waals surface area contributed by atoms with E-state index in [1.54, 1.807) is 0 Å². The van der Waals surface area contributed by atoms with Crippen LogP contribution in [0.15, 0.2) is 0 Å². The third kappa shape index (κ3) is 32.1. The zero-order valence-electron chi connectivity index (χ0n) is 39.7. The van der Waals surface area contributed by atoms with Crippen LogP contribution in [0.3, 0.4) is 0 Å². The van der Waals surface area contributed by atoms with Crippen LogP contribution in [0.25, 0.3) is 0 Å². The molecule has 0 heterocycles. The number of rotatable bonds is 45. The van der Waals surface area contributed by atoms with Gasteiger partial charge in [-0.2, -0.15) is 0 Å². The minimum Gasteiger partial charge on any atom is -0.457 e. The monoisotopic (exact) mass is 909 g/mol. The molecule has 6 N–H and O–H groups in total. The summed E-state index contributed by atoms with van der Waals surface area (Å²) in [5.74, 6) is -0.471. The van der Waals surface area contributed by atoms with Gasteiger partial charge < -0.3 is 39.9 Å². The van der Waals surface area contributed by atoms with Gasteiger partial charge in [-0.1, -0.05) is 226 Å². The van der Waals surface area contributed by atoms with Gasteiger partial charge in [-0.05, 0) is 12.8 Å². The lowest BCUT2D eigenvalue weighted by Crippen LogP contribution is -2.64. The number of aliphatic hydroxyl groups is 5.